The first-order valence-corrected chi connectivity index (χ1v) is 12.1. The highest BCUT2D eigenvalue weighted by atomic mass is 32.1. The summed E-state index contributed by atoms with van der Waals surface area (Å²) in [5.74, 6) is 0. The monoisotopic (exact) mass is 431 g/mol. The minimum atomic E-state index is 1.18. The Labute approximate surface area is 187 Å². The van der Waals surface area contributed by atoms with E-state index in [4.69, 9.17) is 0 Å². The second-order valence-electron chi connectivity index (χ2n) is 7.92. The molecular formula is C28H17NS2. The summed E-state index contributed by atoms with van der Waals surface area (Å²) in [6.45, 7) is 0. The SMILES string of the molecule is c1cc(-c2ccc3[nH]c4ccc(-c5cccc6sccc56)cc4c3c2)c2ccsc2c1. The lowest BCUT2D eigenvalue weighted by atomic mass is 9.98. The van der Waals surface area contributed by atoms with Gasteiger partial charge in [0, 0.05) is 42.0 Å². The van der Waals surface area contributed by atoms with E-state index in [9.17, 15) is 0 Å². The molecule has 0 saturated heterocycles. The van der Waals surface area contributed by atoms with Crippen LogP contribution in [0.25, 0.3) is 64.2 Å². The molecule has 3 aromatic heterocycles. The molecule has 4 aromatic carbocycles. The third-order valence-corrected chi connectivity index (χ3v) is 7.98. The van der Waals surface area contributed by atoms with Crippen molar-refractivity contribution in [3.63, 3.8) is 0 Å². The zero-order chi connectivity index (χ0) is 20.4. The van der Waals surface area contributed by atoms with Crippen molar-refractivity contribution in [1.29, 1.82) is 0 Å². The zero-order valence-corrected chi connectivity index (χ0v) is 18.2. The Morgan fingerprint density at radius 3 is 1.52 bits per heavy atom. The van der Waals surface area contributed by atoms with E-state index in [1.165, 1.54) is 64.2 Å². The van der Waals surface area contributed by atoms with Gasteiger partial charge < -0.3 is 4.98 Å². The first-order valence-electron chi connectivity index (χ1n) is 10.3. The first kappa shape index (κ1) is 17.3. The van der Waals surface area contributed by atoms with Crippen molar-refractivity contribution in [2.45, 2.75) is 0 Å². The van der Waals surface area contributed by atoms with Crippen molar-refractivity contribution in [3.8, 4) is 22.3 Å². The van der Waals surface area contributed by atoms with Crippen LogP contribution in [0.2, 0.25) is 0 Å². The summed E-state index contributed by atoms with van der Waals surface area (Å²) < 4.78 is 2.67. The molecule has 0 unspecified atom stereocenters. The quantitative estimate of drug-likeness (QED) is 0.281. The third kappa shape index (κ3) is 2.61. The average molecular weight is 432 g/mol. The van der Waals surface area contributed by atoms with Crippen molar-refractivity contribution in [2.75, 3.05) is 0 Å². The molecule has 0 radical (unpaired) electrons. The molecular weight excluding hydrogens is 414 g/mol. The van der Waals surface area contributed by atoms with Gasteiger partial charge in [-0.1, -0.05) is 36.4 Å². The molecule has 0 atom stereocenters. The lowest BCUT2D eigenvalue weighted by Gasteiger charge is -2.06. The van der Waals surface area contributed by atoms with Crippen LogP contribution in [0.4, 0.5) is 0 Å². The maximum absolute atomic E-state index is 3.60. The molecule has 0 fully saturated rings. The number of nitrogens with one attached hydrogen (secondary N) is 1. The molecule has 146 valence electrons. The van der Waals surface area contributed by atoms with E-state index >= 15 is 0 Å². The summed E-state index contributed by atoms with van der Waals surface area (Å²) in [6.07, 6.45) is 0. The number of fused-ring (bicyclic) bond motifs is 5. The summed E-state index contributed by atoms with van der Waals surface area (Å²) in [6, 6.07) is 31.2. The summed E-state index contributed by atoms with van der Waals surface area (Å²) in [5.41, 5.74) is 7.50. The van der Waals surface area contributed by atoms with E-state index in [2.05, 4.69) is 101 Å². The normalized spacial score (nSPS) is 11.9. The molecule has 0 aliphatic carbocycles. The Morgan fingerprint density at radius 1 is 0.484 bits per heavy atom. The maximum atomic E-state index is 3.60. The summed E-state index contributed by atoms with van der Waals surface area (Å²) >= 11 is 3.60. The lowest BCUT2D eigenvalue weighted by Crippen LogP contribution is -1.80. The van der Waals surface area contributed by atoms with E-state index in [0.717, 1.165) is 0 Å². The molecule has 0 saturated carbocycles. The van der Waals surface area contributed by atoms with Gasteiger partial charge >= 0.3 is 0 Å². The molecule has 1 N–H and O–H groups in total. The van der Waals surface area contributed by atoms with Gasteiger partial charge in [-0.05, 0) is 81.5 Å². The zero-order valence-electron chi connectivity index (χ0n) is 16.6. The highest BCUT2D eigenvalue weighted by Gasteiger charge is 2.11. The molecule has 0 aliphatic rings. The second kappa shape index (κ2) is 6.55. The smallest absolute Gasteiger partial charge is 0.0465 e. The first-order chi connectivity index (χ1) is 15.3. The molecule has 0 aliphatic heterocycles. The number of aromatic nitrogens is 1. The van der Waals surface area contributed by atoms with E-state index in [0.29, 0.717) is 0 Å². The number of hydrogen-bond acceptors (Lipinski definition) is 2. The van der Waals surface area contributed by atoms with Crippen LogP contribution in [0.3, 0.4) is 0 Å². The van der Waals surface area contributed by atoms with Crippen molar-refractivity contribution < 1.29 is 0 Å². The van der Waals surface area contributed by atoms with Gasteiger partial charge in [-0.3, -0.25) is 0 Å². The molecule has 1 nitrogen and oxygen atoms in total. The predicted octanol–water partition coefficient (Wildman–Crippen LogP) is 9.08. The topological polar surface area (TPSA) is 15.8 Å². The van der Waals surface area contributed by atoms with Gasteiger partial charge in [0.15, 0.2) is 0 Å². The predicted molar refractivity (Wildman–Crippen MR) is 137 cm³/mol. The molecule has 0 bridgehead atoms. The van der Waals surface area contributed by atoms with Crippen LogP contribution in [0, 0.1) is 0 Å². The standard InChI is InChI=1S/C28H17NS2/c1-3-19(21-11-13-30-27(21)5-1)17-7-9-25-23(15-17)24-16-18(8-10-26(24)29-25)20-4-2-6-28-22(20)12-14-31-28/h1-16,29H. The largest absolute Gasteiger partial charge is 0.355 e. The fourth-order valence-corrected chi connectivity index (χ4v) is 6.35. The van der Waals surface area contributed by atoms with E-state index in [1.54, 1.807) is 22.7 Å². The minimum absolute atomic E-state index is 1.18. The van der Waals surface area contributed by atoms with Gasteiger partial charge in [-0.2, -0.15) is 0 Å². The Hall–Kier alpha value is -3.40. The van der Waals surface area contributed by atoms with Gasteiger partial charge in [-0.25, -0.2) is 0 Å². The number of aromatic amines is 1. The van der Waals surface area contributed by atoms with Crippen molar-refractivity contribution in [3.05, 3.63) is 95.7 Å². The number of benzene rings is 4. The number of thiophene rings is 2. The Bertz CT molecular complexity index is 1620. The van der Waals surface area contributed by atoms with Gasteiger partial charge in [0.1, 0.15) is 0 Å². The number of hydrogen-bond donors (Lipinski definition) is 1. The fraction of sp³-hybridized carbons (Fsp3) is 0. The molecule has 0 spiro atoms. The van der Waals surface area contributed by atoms with Crippen LogP contribution in [0.1, 0.15) is 0 Å². The average Bonchev–Trinajstić information content (AvgIpc) is 3.55. The van der Waals surface area contributed by atoms with E-state index < -0.39 is 0 Å². The Balaban J connectivity index is 1.47. The van der Waals surface area contributed by atoms with Gasteiger partial charge in [0.2, 0.25) is 0 Å². The Morgan fingerprint density at radius 2 is 1.00 bits per heavy atom. The van der Waals surface area contributed by atoms with Crippen LogP contribution < -0.4 is 0 Å². The van der Waals surface area contributed by atoms with Crippen molar-refractivity contribution >= 4 is 64.7 Å². The maximum Gasteiger partial charge on any atom is 0.0465 e. The van der Waals surface area contributed by atoms with Crippen LogP contribution in [-0.2, 0) is 0 Å². The summed E-state index contributed by atoms with van der Waals surface area (Å²) in [5, 5.41) is 9.57. The molecule has 7 rings (SSSR count). The van der Waals surface area contributed by atoms with Gasteiger partial charge in [0.25, 0.3) is 0 Å². The van der Waals surface area contributed by atoms with E-state index in [1.807, 2.05) is 0 Å². The molecule has 3 heterocycles. The molecule has 3 heteroatoms. The molecule has 0 amide bonds. The Kier molecular flexibility index (Phi) is 3.65. The van der Waals surface area contributed by atoms with Crippen molar-refractivity contribution in [1.82, 2.24) is 4.98 Å². The van der Waals surface area contributed by atoms with Crippen LogP contribution in [0.5, 0.6) is 0 Å². The molecule has 31 heavy (non-hydrogen) atoms. The summed E-state index contributed by atoms with van der Waals surface area (Å²) in [7, 11) is 0. The highest BCUT2D eigenvalue weighted by Crippen LogP contribution is 2.38. The lowest BCUT2D eigenvalue weighted by molar-refractivity contribution is 1.54. The highest BCUT2D eigenvalue weighted by molar-refractivity contribution is 7.17. The number of rotatable bonds is 2. The minimum Gasteiger partial charge on any atom is -0.355 e. The third-order valence-electron chi connectivity index (χ3n) is 6.21. The van der Waals surface area contributed by atoms with Crippen LogP contribution in [-0.4, -0.2) is 4.98 Å². The molecule has 7 aromatic rings. The fourth-order valence-electron chi connectivity index (χ4n) is 4.72. The second-order valence-corrected chi connectivity index (χ2v) is 9.82. The number of H-pyrrole nitrogens is 1. The van der Waals surface area contributed by atoms with Gasteiger partial charge in [-0.15, -0.1) is 22.7 Å². The van der Waals surface area contributed by atoms with Crippen molar-refractivity contribution in [2.24, 2.45) is 0 Å². The van der Waals surface area contributed by atoms with Crippen LogP contribution in [0.15, 0.2) is 95.7 Å². The van der Waals surface area contributed by atoms with Crippen LogP contribution >= 0.6 is 22.7 Å². The summed E-state index contributed by atoms with van der Waals surface area (Å²) in [4.78, 5) is 3.60. The van der Waals surface area contributed by atoms with Gasteiger partial charge in [0.05, 0.1) is 0 Å². The van der Waals surface area contributed by atoms with E-state index in [-0.39, 0.29) is 0 Å².